The maximum Gasteiger partial charge on any atom is 0.238 e. The lowest BCUT2D eigenvalue weighted by molar-refractivity contribution is -0.115. The van der Waals surface area contributed by atoms with Gasteiger partial charge in [-0.2, -0.15) is 0 Å². The Morgan fingerprint density at radius 2 is 2.06 bits per heavy atom. The van der Waals surface area contributed by atoms with Crippen molar-refractivity contribution in [1.29, 1.82) is 0 Å². The summed E-state index contributed by atoms with van der Waals surface area (Å²) < 4.78 is 5.40. The van der Waals surface area contributed by atoms with Gasteiger partial charge in [0, 0.05) is 10.7 Å². The average Bonchev–Trinajstić information content (AvgIpc) is 2.99. The Hall–Kier alpha value is -1.39. The van der Waals surface area contributed by atoms with E-state index in [1.54, 1.807) is 35.1 Å². The van der Waals surface area contributed by atoms with Crippen LogP contribution in [-0.2, 0) is 4.79 Å². The number of nitrogens with zero attached hydrogens (tertiary/aromatic N) is 1. The maximum atomic E-state index is 12.0. The SMILES string of the molecule is O=C1CS[C@H](c2ccco2)N1c1ccc(Cl)cc1. The van der Waals surface area contributed by atoms with Crippen LogP contribution in [0.5, 0.6) is 0 Å². The molecule has 1 saturated heterocycles. The number of amides is 1. The molecule has 1 aliphatic rings. The molecular formula is C13H10ClNO2S. The second-order valence-electron chi connectivity index (χ2n) is 3.92. The molecule has 0 saturated carbocycles. The monoisotopic (exact) mass is 279 g/mol. The van der Waals surface area contributed by atoms with Crippen molar-refractivity contribution in [3.63, 3.8) is 0 Å². The predicted octanol–water partition coefficient (Wildman–Crippen LogP) is 3.71. The van der Waals surface area contributed by atoms with Crippen LogP contribution in [-0.4, -0.2) is 11.7 Å². The van der Waals surface area contributed by atoms with Gasteiger partial charge < -0.3 is 4.42 Å². The number of carbonyl (C=O) groups excluding carboxylic acids is 1. The van der Waals surface area contributed by atoms with Crippen LogP contribution in [0.4, 0.5) is 5.69 Å². The van der Waals surface area contributed by atoms with Crippen molar-refractivity contribution in [1.82, 2.24) is 0 Å². The van der Waals surface area contributed by atoms with Crippen LogP contribution in [0.1, 0.15) is 11.1 Å². The van der Waals surface area contributed by atoms with E-state index < -0.39 is 0 Å². The van der Waals surface area contributed by atoms with Gasteiger partial charge in [0.2, 0.25) is 5.91 Å². The van der Waals surface area contributed by atoms with Gasteiger partial charge in [-0.3, -0.25) is 9.69 Å². The molecule has 2 heterocycles. The third-order valence-electron chi connectivity index (χ3n) is 2.76. The fourth-order valence-electron chi connectivity index (χ4n) is 1.95. The Morgan fingerprint density at radius 3 is 2.72 bits per heavy atom. The van der Waals surface area contributed by atoms with Crippen LogP contribution in [0.3, 0.4) is 0 Å². The third kappa shape index (κ3) is 2.02. The minimum absolute atomic E-state index is 0.0868. The first kappa shape index (κ1) is 11.7. The molecule has 0 spiro atoms. The summed E-state index contributed by atoms with van der Waals surface area (Å²) in [5.74, 6) is 1.35. The summed E-state index contributed by atoms with van der Waals surface area (Å²) in [6.45, 7) is 0. The van der Waals surface area contributed by atoms with E-state index in [9.17, 15) is 4.79 Å². The quantitative estimate of drug-likeness (QED) is 0.840. The number of halogens is 1. The molecule has 1 aromatic heterocycles. The molecule has 3 rings (SSSR count). The number of thioether (sulfide) groups is 1. The van der Waals surface area contributed by atoms with Gasteiger partial charge >= 0.3 is 0 Å². The number of hydrogen-bond donors (Lipinski definition) is 0. The lowest BCUT2D eigenvalue weighted by Crippen LogP contribution is -2.27. The number of carbonyl (C=O) groups is 1. The Balaban J connectivity index is 1.97. The van der Waals surface area contributed by atoms with Gasteiger partial charge in [0.05, 0.1) is 12.0 Å². The zero-order valence-corrected chi connectivity index (χ0v) is 10.9. The minimum Gasteiger partial charge on any atom is -0.466 e. The molecule has 1 fully saturated rings. The van der Waals surface area contributed by atoms with E-state index in [0.29, 0.717) is 10.8 Å². The highest BCUT2D eigenvalue weighted by molar-refractivity contribution is 8.00. The van der Waals surface area contributed by atoms with Gasteiger partial charge in [-0.25, -0.2) is 0 Å². The van der Waals surface area contributed by atoms with E-state index in [1.807, 2.05) is 24.3 Å². The molecule has 18 heavy (non-hydrogen) atoms. The van der Waals surface area contributed by atoms with Crippen molar-refractivity contribution < 1.29 is 9.21 Å². The summed E-state index contributed by atoms with van der Waals surface area (Å²) >= 11 is 7.43. The van der Waals surface area contributed by atoms with Crippen molar-refractivity contribution in [2.75, 3.05) is 10.7 Å². The van der Waals surface area contributed by atoms with Gasteiger partial charge in [0.1, 0.15) is 11.1 Å². The van der Waals surface area contributed by atoms with E-state index in [1.165, 1.54) is 0 Å². The summed E-state index contributed by atoms with van der Waals surface area (Å²) in [5.41, 5.74) is 0.843. The molecule has 1 atom stereocenters. The molecule has 0 bridgehead atoms. The van der Waals surface area contributed by atoms with Gasteiger partial charge in [0.25, 0.3) is 0 Å². The zero-order chi connectivity index (χ0) is 12.5. The molecule has 92 valence electrons. The Kier molecular flexibility index (Phi) is 3.06. The molecule has 5 heteroatoms. The standard InChI is InChI=1S/C13H10ClNO2S/c14-9-3-5-10(6-4-9)15-12(16)8-18-13(15)11-2-1-7-17-11/h1-7,13H,8H2/t13-/m1/s1. The van der Waals surface area contributed by atoms with Crippen LogP contribution in [0.15, 0.2) is 47.1 Å². The molecule has 0 radical (unpaired) electrons. The van der Waals surface area contributed by atoms with E-state index in [4.69, 9.17) is 16.0 Å². The number of furan rings is 1. The van der Waals surface area contributed by atoms with Crippen molar-refractivity contribution in [3.8, 4) is 0 Å². The lowest BCUT2D eigenvalue weighted by Gasteiger charge is -2.22. The minimum atomic E-state index is -0.0892. The number of hydrogen-bond acceptors (Lipinski definition) is 3. The van der Waals surface area contributed by atoms with Gasteiger partial charge in [0.15, 0.2) is 0 Å². The summed E-state index contributed by atoms with van der Waals surface area (Å²) in [6.07, 6.45) is 1.62. The Bertz CT molecular complexity index is 553. The molecule has 1 aromatic carbocycles. The maximum absolute atomic E-state index is 12.0. The predicted molar refractivity (Wildman–Crippen MR) is 72.8 cm³/mol. The van der Waals surface area contributed by atoms with Gasteiger partial charge in [-0.15, -0.1) is 11.8 Å². The molecule has 0 aliphatic carbocycles. The third-order valence-corrected chi connectivity index (χ3v) is 4.18. The second kappa shape index (κ2) is 4.71. The molecule has 1 aliphatic heterocycles. The topological polar surface area (TPSA) is 33.5 Å². The number of benzene rings is 1. The van der Waals surface area contributed by atoms with Crippen molar-refractivity contribution in [2.24, 2.45) is 0 Å². The van der Waals surface area contributed by atoms with Gasteiger partial charge in [-0.05, 0) is 36.4 Å². The van der Waals surface area contributed by atoms with Crippen molar-refractivity contribution in [2.45, 2.75) is 5.37 Å². The highest BCUT2D eigenvalue weighted by Crippen LogP contribution is 2.41. The summed E-state index contributed by atoms with van der Waals surface area (Å²) in [6, 6.07) is 11.0. The molecule has 2 aromatic rings. The van der Waals surface area contributed by atoms with Crippen LogP contribution in [0, 0.1) is 0 Å². The number of rotatable bonds is 2. The smallest absolute Gasteiger partial charge is 0.238 e. The van der Waals surface area contributed by atoms with E-state index in [-0.39, 0.29) is 11.3 Å². The second-order valence-corrected chi connectivity index (χ2v) is 5.42. The molecule has 1 amide bonds. The Morgan fingerprint density at radius 1 is 1.28 bits per heavy atom. The first-order valence-electron chi connectivity index (χ1n) is 5.48. The van der Waals surface area contributed by atoms with E-state index in [2.05, 4.69) is 0 Å². The van der Waals surface area contributed by atoms with Crippen molar-refractivity contribution >= 4 is 35.0 Å². The first-order chi connectivity index (χ1) is 8.75. The Labute approximate surface area is 114 Å². The van der Waals surface area contributed by atoms with Crippen LogP contribution in [0.25, 0.3) is 0 Å². The molecular weight excluding hydrogens is 270 g/mol. The van der Waals surface area contributed by atoms with E-state index in [0.717, 1.165) is 11.4 Å². The average molecular weight is 280 g/mol. The molecule has 0 N–H and O–H groups in total. The van der Waals surface area contributed by atoms with E-state index >= 15 is 0 Å². The van der Waals surface area contributed by atoms with Gasteiger partial charge in [-0.1, -0.05) is 11.6 Å². The van der Waals surface area contributed by atoms with Crippen LogP contribution in [0.2, 0.25) is 5.02 Å². The van der Waals surface area contributed by atoms with Crippen LogP contribution < -0.4 is 4.90 Å². The largest absolute Gasteiger partial charge is 0.466 e. The molecule has 3 nitrogen and oxygen atoms in total. The zero-order valence-electron chi connectivity index (χ0n) is 9.38. The number of anilines is 1. The lowest BCUT2D eigenvalue weighted by atomic mass is 10.2. The fraction of sp³-hybridized carbons (Fsp3) is 0.154. The fourth-order valence-corrected chi connectivity index (χ4v) is 3.20. The summed E-state index contributed by atoms with van der Waals surface area (Å²) in [5, 5.41) is 0.571. The highest BCUT2D eigenvalue weighted by atomic mass is 35.5. The summed E-state index contributed by atoms with van der Waals surface area (Å²) in [4.78, 5) is 13.7. The first-order valence-corrected chi connectivity index (χ1v) is 6.91. The highest BCUT2D eigenvalue weighted by Gasteiger charge is 2.35. The van der Waals surface area contributed by atoms with Crippen molar-refractivity contribution in [3.05, 3.63) is 53.4 Å². The summed E-state index contributed by atoms with van der Waals surface area (Å²) in [7, 11) is 0. The molecule has 0 unspecified atom stereocenters. The normalized spacial score (nSPS) is 19.5. The van der Waals surface area contributed by atoms with Crippen LogP contribution >= 0.6 is 23.4 Å².